The van der Waals surface area contributed by atoms with Crippen LogP contribution in [-0.4, -0.2) is 48.3 Å². The molecule has 0 N–H and O–H groups in total. The molecule has 0 bridgehead atoms. The third kappa shape index (κ3) is 4.49. The number of rotatable bonds is 5. The van der Waals surface area contributed by atoms with Gasteiger partial charge < -0.3 is 14.5 Å². The summed E-state index contributed by atoms with van der Waals surface area (Å²) in [6, 6.07) is 16.1. The molecule has 0 spiro atoms. The first-order chi connectivity index (χ1) is 13.7. The summed E-state index contributed by atoms with van der Waals surface area (Å²) in [4.78, 5) is 21.3. The van der Waals surface area contributed by atoms with Crippen LogP contribution in [0.25, 0.3) is 0 Å². The first kappa shape index (κ1) is 18.4. The molecule has 0 aliphatic carbocycles. The lowest BCUT2D eigenvalue weighted by Crippen LogP contribution is -2.29. The minimum Gasteiger partial charge on any atom is -0.473 e. The van der Waals surface area contributed by atoms with Crippen LogP contribution in [-0.2, 0) is 24.3 Å². The molecule has 144 valence electrons. The van der Waals surface area contributed by atoms with Crippen LogP contribution >= 0.6 is 0 Å². The Hall–Kier alpha value is -2.92. The third-order valence-electron chi connectivity index (χ3n) is 5.14. The number of ketones is 1. The second kappa shape index (κ2) is 8.40. The number of hydrogen-bond acceptors (Lipinski definition) is 5. The maximum Gasteiger partial charge on any atom is 0.212 e. The first-order valence-electron chi connectivity index (χ1n) is 9.64. The summed E-state index contributed by atoms with van der Waals surface area (Å²) in [6.07, 6.45) is 4.76. The molecule has 0 radical (unpaired) electrons. The molecule has 2 heterocycles. The molecule has 28 heavy (non-hydrogen) atoms. The number of ether oxygens (including phenoxy) is 1. The van der Waals surface area contributed by atoms with Crippen molar-refractivity contribution in [2.45, 2.75) is 19.6 Å². The molecule has 0 saturated heterocycles. The fourth-order valence-electron chi connectivity index (χ4n) is 3.50. The van der Waals surface area contributed by atoms with Crippen LogP contribution in [0, 0.1) is 0 Å². The topological polar surface area (TPSA) is 45.1 Å². The molecule has 2 aliphatic heterocycles. The van der Waals surface area contributed by atoms with E-state index in [1.54, 1.807) is 0 Å². The van der Waals surface area contributed by atoms with Crippen molar-refractivity contribution in [3.8, 4) is 0 Å². The molecule has 5 nitrogen and oxygen atoms in total. The molecule has 0 amide bonds. The smallest absolute Gasteiger partial charge is 0.212 e. The van der Waals surface area contributed by atoms with Crippen molar-refractivity contribution < 1.29 is 9.53 Å². The van der Waals surface area contributed by atoms with Crippen LogP contribution in [0.4, 0.5) is 0 Å². The minimum absolute atomic E-state index is 0.115. The Labute approximate surface area is 165 Å². The number of Topliss-reactive ketones (excluding diaryl/α,β-unsaturated/α-hetero) is 1. The molecule has 2 aromatic carbocycles. The highest BCUT2D eigenvalue weighted by atomic mass is 16.5. The van der Waals surface area contributed by atoms with Gasteiger partial charge in [0.25, 0.3) is 0 Å². The highest BCUT2D eigenvalue weighted by Gasteiger charge is 2.17. The van der Waals surface area contributed by atoms with Crippen molar-refractivity contribution in [3.63, 3.8) is 0 Å². The number of nitrogens with zero attached hydrogens (tertiary/aromatic N) is 3. The molecule has 0 fully saturated rings. The maximum absolute atomic E-state index is 12.7. The Balaban J connectivity index is 1.31. The molecule has 0 atom stereocenters. The summed E-state index contributed by atoms with van der Waals surface area (Å²) < 4.78 is 5.73. The average Bonchev–Trinajstić information content (AvgIpc) is 2.73. The van der Waals surface area contributed by atoms with Gasteiger partial charge >= 0.3 is 0 Å². The molecule has 5 heteroatoms. The molecule has 2 aromatic rings. The van der Waals surface area contributed by atoms with Crippen molar-refractivity contribution >= 4 is 11.7 Å². The Morgan fingerprint density at radius 3 is 2.79 bits per heavy atom. The zero-order chi connectivity index (χ0) is 19.3. The predicted molar refractivity (Wildman–Crippen MR) is 110 cm³/mol. The minimum atomic E-state index is 0.115. The number of benzene rings is 2. The van der Waals surface area contributed by atoms with E-state index in [-0.39, 0.29) is 5.78 Å². The molecular weight excluding hydrogens is 350 g/mol. The van der Waals surface area contributed by atoms with Gasteiger partial charge in [-0.1, -0.05) is 42.5 Å². The maximum atomic E-state index is 12.7. The SMILES string of the molecule is CN1CCc2ccc(C(=O)CN3C=CC(OCc4ccccc4)=NC3)cc2C1. The Kier molecular flexibility index (Phi) is 5.53. The summed E-state index contributed by atoms with van der Waals surface area (Å²) in [5, 5.41) is 0. The number of fused-ring (bicyclic) bond motifs is 1. The van der Waals surface area contributed by atoms with Crippen LogP contribution in [0.15, 0.2) is 65.8 Å². The number of likely N-dealkylation sites (N-methyl/N-ethyl adjacent to an activating group) is 1. The Morgan fingerprint density at radius 2 is 2.00 bits per heavy atom. The lowest BCUT2D eigenvalue weighted by molar-refractivity contribution is 0.0955. The van der Waals surface area contributed by atoms with E-state index in [0.717, 1.165) is 30.6 Å². The zero-order valence-electron chi connectivity index (χ0n) is 16.2. The highest BCUT2D eigenvalue weighted by Crippen LogP contribution is 2.20. The van der Waals surface area contributed by atoms with Crippen molar-refractivity contribution in [1.82, 2.24) is 9.80 Å². The Bertz CT molecular complexity index is 905. The van der Waals surface area contributed by atoms with Crippen molar-refractivity contribution in [2.24, 2.45) is 4.99 Å². The van der Waals surface area contributed by atoms with E-state index in [4.69, 9.17) is 4.74 Å². The van der Waals surface area contributed by atoms with Gasteiger partial charge in [-0.15, -0.1) is 0 Å². The van der Waals surface area contributed by atoms with Crippen molar-refractivity contribution in [3.05, 3.63) is 83.1 Å². The van der Waals surface area contributed by atoms with Gasteiger partial charge in [-0.2, -0.15) is 0 Å². The lowest BCUT2D eigenvalue weighted by atomic mass is 9.96. The first-order valence-corrected chi connectivity index (χ1v) is 9.64. The van der Waals surface area contributed by atoms with E-state index in [2.05, 4.69) is 29.1 Å². The standard InChI is InChI=1S/C23H25N3O2/c1-25-11-9-19-7-8-20(13-21(19)14-25)22(27)15-26-12-10-23(24-17-26)28-16-18-5-3-2-4-6-18/h2-8,10,12-13H,9,11,14-17H2,1H3. The number of carbonyl (C=O) groups excluding carboxylic acids is 1. The van der Waals surface area contributed by atoms with E-state index in [1.807, 2.05) is 53.6 Å². The summed E-state index contributed by atoms with van der Waals surface area (Å²) in [5.41, 5.74) is 4.51. The average molecular weight is 375 g/mol. The van der Waals surface area contributed by atoms with Crippen molar-refractivity contribution in [2.75, 3.05) is 26.8 Å². The van der Waals surface area contributed by atoms with Gasteiger partial charge in [-0.3, -0.25) is 4.79 Å². The van der Waals surface area contributed by atoms with Crippen LogP contribution in [0.5, 0.6) is 0 Å². The summed E-state index contributed by atoms with van der Waals surface area (Å²) >= 11 is 0. The second-order valence-electron chi connectivity index (χ2n) is 7.37. The fourth-order valence-corrected chi connectivity index (χ4v) is 3.50. The van der Waals surface area contributed by atoms with Crippen LogP contribution in [0.2, 0.25) is 0 Å². The number of carbonyl (C=O) groups is 1. The summed E-state index contributed by atoms with van der Waals surface area (Å²) in [7, 11) is 2.12. The van der Waals surface area contributed by atoms with E-state index in [9.17, 15) is 4.79 Å². The van der Waals surface area contributed by atoms with E-state index >= 15 is 0 Å². The molecule has 0 saturated carbocycles. The van der Waals surface area contributed by atoms with Gasteiger partial charge in [0.1, 0.15) is 13.3 Å². The van der Waals surface area contributed by atoms with Gasteiger partial charge in [0.15, 0.2) is 5.78 Å². The van der Waals surface area contributed by atoms with E-state index < -0.39 is 0 Å². The number of aliphatic imine (C=N–C) groups is 1. The third-order valence-corrected chi connectivity index (χ3v) is 5.14. The normalized spacial score (nSPS) is 16.5. The predicted octanol–water partition coefficient (Wildman–Crippen LogP) is 3.26. The zero-order valence-corrected chi connectivity index (χ0v) is 16.2. The Morgan fingerprint density at radius 1 is 1.14 bits per heavy atom. The van der Waals surface area contributed by atoms with Crippen LogP contribution < -0.4 is 0 Å². The van der Waals surface area contributed by atoms with Crippen LogP contribution in [0.3, 0.4) is 0 Å². The lowest BCUT2D eigenvalue weighted by Gasteiger charge is -2.25. The summed E-state index contributed by atoms with van der Waals surface area (Å²) in [5.74, 6) is 0.717. The molecule has 4 rings (SSSR count). The largest absolute Gasteiger partial charge is 0.473 e. The van der Waals surface area contributed by atoms with Crippen molar-refractivity contribution in [1.29, 1.82) is 0 Å². The quantitative estimate of drug-likeness (QED) is 0.753. The van der Waals surface area contributed by atoms with Crippen LogP contribution in [0.1, 0.15) is 27.0 Å². The molecule has 0 aromatic heterocycles. The van der Waals surface area contributed by atoms with Gasteiger partial charge in [0.2, 0.25) is 5.90 Å². The van der Waals surface area contributed by atoms with E-state index in [1.165, 1.54) is 11.1 Å². The van der Waals surface area contributed by atoms with Gasteiger partial charge in [-0.25, -0.2) is 4.99 Å². The van der Waals surface area contributed by atoms with Gasteiger partial charge in [0.05, 0.1) is 6.54 Å². The van der Waals surface area contributed by atoms with Gasteiger partial charge in [-0.05, 0) is 36.2 Å². The summed E-state index contributed by atoms with van der Waals surface area (Å²) in [6.45, 7) is 3.23. The fraction of sp³-hybridized carbons (Fsp3) is 0.304. The second-order valence-corrected chi connectivity index (χ2v) is 7.37. The monoisotopic (exact) mass is 375 g/mol. The van der Waals surface area contributed by atoms with E-state index in [0.29, 0.717) is 25.7 Å². The number of hydrogen-bond donors (Lipinski definition) is 0. The van der Waals surface area contributed by atoms with Gasteiger partial charge in [0, 0.05) is 30.9 Å². The molecule has 0 unspecified atom stereocenters. The molecule has 2 aliphatic rings. The highest BCUT2D eigenvalue weighted by molar-refractivity contribution is 5.98. The molecular formula is C23H25N3O2.